The average Bonchev–Trinajstić information content (AvgIpc) is 3.45. The maximum Gasteiger partial charge on any atom is 0.404 e. The number of pyridine rings is 1. The fraction of sp³-hybridized carbons (Fsp3) is 0.415. The molecule has 0 bridgehead atoms. The first-order valence-corrected chi connectivity index (χ1v) is 29.6. The van der Waals surface area contributed by atoms with Crippen LogP contribution in [0.15, 0.2) is 72.6 Å². The molecule has 0 aliphatic carbocycles. The topological polar surface area (TPSA) is 50.2 Å². The van der Waals surface area contributed by atoms with Crippen molar-refractivity contribution in [3.8, 4) is 11.3 Å². The molecular weight excluding hydrogens is 1040 g/mol. The Morgan fingerprint density at radius 1 is 0.712 bits per heavy atom. The summed E-state index contributed by atoms with van der Waals surface area (Å²) in [5.74, 6) is -3.14. The number of carbonyl (C=O) groups is 1. The van der Waals surface area contributed by atoms with Crippen LogP contribution >= 0.6 is 11.3 Å². The van der Waals surface area contributed by atoms with Gasteiger partial charge in [0.2, 0.25) is 5.78 Å². The molecule has 2 heterocycles. The Bertz CT molecular complexity index is 2340. The predicted octanol–water partition coefficient (Wildman–Crippen LogP) is 14.5. The number of rotatable bonds is 9. The van der Waals surface area contributed by atoms with E-state index in [0.29, 0.717) is 26.7 Å². The number of hydrogen-bond acceptors (Lipinski definition) is 4. The Kier molecular flexibility index (Phi) is 14.3. The maximum atomic E-state index is 14.8. The van der Waals surface area contributed by atoms with E-state index >= 15 is 0 Å². The van der Waals surface area contributed by atoms with Gasteiger partial charge in [-0.15, -0.1) is 40.5 Å². The fourth-order valence-electron chi connectivity index (χ4n) is 6.86. The summed E-state index contributed by atoms with van der Waals surface area (Å²) in [6.45, 7) is 15.1. The van der Waals surface area contributed by atoms with Gasteiger partial charge >= 0.3 is 12.4 Å². The molecule has 3 nitrogen and oxygen atoms in total. The van der Waals surface area contributed by atoms with Crippen molar-refractivity contribution in [1.82, 2.24) is 4.98 Å². The van der Waals surface area contributed by atoms with Crippen LogP contribution in [0.1, 0.15) is 30.9 Å². The van der Waals surface area contributed by atoms with Crippen molar-refractivity contribution < 1.29 is 73.9 Å². The van der Waals surface area contributed by atoms with Crippen molar-refractivity contribution in [1.29, 1.82) is 0 Å². The number of allylic oxidation sites excluding steroid dienone is 2. The minimum absolute atomic E-state index is 0. The molecule has 18 heteroatoms. The molecule has 1 N–H and O–H groups in total. The van der Waals surface area contributed by atoms with Gasteiger partial charge in [0.1, 0.15) is 16.1 Å². The smallest absolute Gasteiger partial charge is 0.404 e. The summed E-state index contributed by atoms with van der Waals surface area (Å²) in [6.07, 6.45) is -9.51. The Morgan fingerprint density at radius 2 is 1.22 bits per heavy atom. The molecule has 0 amide bonds. The van der Waals surface area contributed by atoms with E-state index in [1.54, 1.807) is 18.3 Å². The average molecular weight is 1080 g/mol. The largest absolute Gasteiger partial charge is 0.506 e. The molecule has 2 aromatic heterocycles. The predicted molar refractivity (Wildman–Crippen MR) is 222 cm³/mol. The summed E-state index contributed by atoms with van der Waals surface area (Å²) >= 11 is 0.944. The van der Waals surface area contributed by atoms with Crippen LogP contribution in [-0.2, 0) is 29.9 Å². The molecule has 0 spiro atoms. The van der Waals surface area contributed by atoms with Crippen molar-refractivity contribution in [2.24, 2.45) is 0 Å². The van der Waals surface area contributed by atoms with E-state index in [1.807, 2.05) is 30.3 Å². The van der Waals surface area contributed by atoms with Crippen molar-refractivity contribution in [2.45, 2.75) is 107 Å². The standard InChI is InChI=1S/C30H26F6NSSi.C11H20F4O2Si2.Ir/c1-17(2)23-16-19(15-18-9-6-7-10-20(18)23)25-27-22(13-14-37-25)21-11-8-12-24(26(21)38-27)28(29(31,32)33,30(34,35)36)39(3,4)5;1-18(2,3)10(12,13)8(16)7-9(17)11(14,15)19(4,5)6;/h6-14,16-17H,1-5H3;7,16H,1-6H3;/q-1;;/b;8-7-;. The van der Waals surface area contributed by atoms with Gasteiger partial charge in [-0.25, -0.2) is 17.6 Å². The number of thiophene rings is 1. The van der Waals surface area contributed by atoms with E-state index in [4.69, 9.17) is 0 Å². The summed E-state index contributed by atoms with van der Waals surface area (Å²) in [7, 11) is -10.4. The Balaban J connectivity index is 0.000000396. The fourth-order valence-corrected chi connectivity index (χ4v) is 12.7. The number of halogens is 10. The molecule has 0 aliphatic rings. The molecule has 3 aromatic carbocycles. The van der Waals surface area contributed by atoms with E-state index in [2.05, 4.69) is 24.9 Å². The van der Waals surface area contributed by atoms with Crippen LogP contribution in [-0.4, -0.2) is 63.5 Å². The first-order valence-electron chi connectivity index (χ1n) is 18.2. The zero-order valence-corrected chi connectivity index (χ0v) is 40.5. The van der Waals surface area contributed by atoms with E-state index in [-0.39, 0.29) is 36.8 Å². The van der Waals surface area contributed by atoms with Crippen LogP contribution in [0.25, 0.3) is 42.2 Å². The van der Waals surface area contributed by atoms with Crippen LogP contribution in [0, 0.1) is 6.07 Å². The second-order valence-electron chi connectivity index (χ2n) is 17.7. The van der Waals surface area contributed by atoms with Gasteiger partial charge in [-0.1, -0.05) is 120 Å². The quantitative estimate of drug-likeness (QED) is 0.0526. The molecule has 0 unspecified atom stereocenters. The zero-order valence-electron chi connectivity index (χ0n) is 34.3. The molecule has 5 rings (SSSR count). The summed E-state index contributed by atoms with van der Waals surface area (Å²) in [5.41, 5.74) is -5.82. The summed E-state index contributed by atoms with van der Waals surface area (Å²) < 4.78 is 144. The molecular formula is C41H46F10IrNO2SSi3-. The van der Waals surface area contributed by atoms with Crippen molar-refractivity contribution >= 4 is 72.3 Å². The van der Waals surface area contributed by atoms with Crippen molar-refractivity contribution in [2.75, 3.05) is 0 Å². The zero-order chi connectivity index (χ0) is 44.4. The number of hydrogen-bond donors (Lipinski definition) is 1. The Morgan fingerprint density at radius 3 is 1.71 bits per heavy atom. The van der Waals surface area contributed by atoms with Crippen molar-refractivity contribution in [3.05, 3.63) is 89.8 Å². The molecule has 0 fully saturated rings. The van der Waals surface area contributed by atoms with E-state index in [1.165, 1.54) is 45.3 Å². The summed E-state index contributed by atoms with van der Waals surface area (Å²) in [6, 6.07) is 18.7. The van der Waals surface area contributed by atoms with Gasteiger partial charge in [-0.2, -0.15) is 26.3 Å². The van der Waals surface area contributed by atoms with Gasteiger partial charge in [0.05, 0.1) is 8.07 Å². The summed E-state index contributed by atoms with van der Waals surface area (Å²) in [5, 5.41) is 8.21. The summed E-state index contributed by atoms with van der Waals surface area (Å²) in [4.78, 5) is 16.0. The number of carbonyl (C=O) groups excluding carboxylic acids is 1. The van der Waals surface area contributed by atoms with Gasteiger partial charge in [0, 0.05) is 52.9 Å². The third-order valence-electron chi connectivity index (χ3n) is 10.3. The molecule has 1 radical (unpaired) electrons. The van der Waals surface area contributed by atoms with Gasteiger partial charge in [-0.05, 0) is 22.9 Å². The van der Waals surface area contributed by atoms with Crippen molar-refractivity contribution in [3.63, 3.8) is 0 Å². The Hall–Kier alpha value is -2.90. The molecule has 5 aromatic rings. The minimum atomic E-state index is -5.53. The molecule has 59 heavy (non-hydrogen) atoms. The number of ketones is 1. The molecule has 0 saturated carbocycles. The second kappa shape index (κ2) is 16.8. The third-order valence-corrected chi connectivity index (χ3v) is 18.9. The van der Waals surface area contributed by atoms with Gasteiger partial charge < -0.3 is 5.11 Å². The van der Waals surface area contributed by atoms with E-state index in [9.17, 15) is 53.8 Å². The number of aliphatic hydroxyl groups is 1. The SMILES string of the molecule is CC(C)c1cc(-c2nccc3c2sc2c(C(C(F)(F)F)(C(F)(F)F)[Si](C)(C)C)cccc23)[c-]c2ccccc12.C[Si](C)(C)C(F)(F)C(=O)/C=C(\O)C(F)(F)[Si](C)(C)C.[Ir]. The second-order valence-corrected chi connectivity index (χ2v) is 34.2. The van der Waals surface area contributed by atoms with Crippen LogP contribution < -0.4 is 0 Å². The number of nitrogens with zero attached hydrogens (tertiary/aromatic N) is 1. The molecule has 0 aliphatic heterocycles. The number of aromatic nitrogens is 1. The molecule has 325 valence electrons. The number of aliphatic hydroxyl groups excluding tert-OH is 1. The molecule has 0 atom stereocenters. The van der Waals surface area contributed by atoms with Crippen LogP contribution in [0.3, 0.4) is 0 Å². The number of fused-ring (bicyclic) bond motifs is 4. The third kappa shape index (κ3) is 9.04. The van der Waals surface area contributed by atoms with E-state index in [0.717, 1.165) is 53.4 Å². The maximum absolute atomic E-state index is 14.8. The monoisotopic (exact) mass is 1080 g/mol. The minimum Gasteiger partial charge on any atom is -0.506 e. The van der Waals surface area contributed by atoms with Crippen LogP contribution in [0.5, 0.6) is 0 Å². The van der Waals surface area contributed by atoms with Gasteiger partial charge in [0.25, 0.3) is 11.1 Å². The first kappa shape index (κ1) is 50.5. The van der Waals surface area contributed by atoms with Gasteiger partial charge in [0.15, 0.2) is 10.8 Å². The van der Waals surface area contributed by atoms with Crippen LogP contribution in [0.4, 0.5) is 43.9 Å². The normalized spacial score (nSPS) is 14.1. The van der Waals surface area contributed by atoms with Crippen LogP contribution in [0.2, 0.25) is 58.9 Å². The first-order chi connectivity index (χ1) is 26.1. The number of alkyl halides is 10. The Labute approximate surface area is 357 Å². The van der Waals surface area contributed by atoms with E-state index < -0.39 is 69.8 Å². The number of benzene rings is 3. The molecule has 0 saturated heterocycles. The van der Waals surface area contributed by atoms with Gasteiger partial charge in [-0.3, -0.25) is 9.78 Å².